The third kappa shape index (κ3) is 2.07. The van der Waals surface area contributed by atoms with E-state index in [0.717, 1.165) is 0 Å². The van der Waals surface area contributed by atoms with Gasteiger partial charge in [0.1, 0.15) is 0 Å². The molecule has 0 radical (unpaired) electrons. The van der Waals surface area contributed by atoms with Crippen molar-refractivity contribution in [2.24, 2.45) is 0 Å². The van der Waals surface area contributed by atoms with Gasteiger partial charge in [0.2, 0.25) is 0 Å². The summed E-state index contributed by atoms with van der Waals surface area (Å²) in [5.41, 5.74) is 0.384. The van der Waals surface area contributed by atoms with Crippen molar-refractivity contribution in [1.29, 1.82) is 5.26 Å². The molecule has 0 aliphatic carbocycles. The van der Waals surface area contributed by atoms with Crippen LogP contribution in [0.5, 0.6) is 0 Å². The summed E-state index contributed by atoms with van der Waals surface area (Å²) in [7, 11) is 0. The van der Waals surface area contributed by atoms with Gasteiger partial charge in [-0.1, -0.05) is 18.8 Å². The molecule has 0 N–H and O–H groups in total. The molecule has 2 heteroatoms. The van der Waals surface area contributed by atoms with Crippen molar-refractivity contribution >= 4 is 17.1 Å². The van der Waals surface area contributed by atoms with Crippen molar-refractivity contribution < 1.29 is 0 Å². The van der Waals surface area contributed by atoms with Crippen LogP contribution in [0.25, 0.3) is 0 Å². The number of hydrogen-bond donors (Lipinski definition) is 0. The third-order valence-corrected chi connectivity index (χ3v) is 0.806. The molecule has 0 heterocycles. The Morgan fingerprint density at radius 1 is 1.86 bits per heavy atom. The molecule has 0 bridgehead atoms. The van der Waals surface area contributed by atoms with Gasteiger partial charge in [0.05, 0.1) is 11.6 Å². The number of nitrogens with zero attached hydrogens (tertiary/aromatic N) is 1. The Hall–Kier alpha value is -0.680. The van der Waals surface area contributed by atoms with Crippen LogP contribution in [-0.4, -0.2) is 4.86 Å². The number of rotatable bonds is 1. The predicted molar refractivity (Wildman–Crippen MR) is 33.0 cm³/mol. The van der Waals surface area contributed by atoms with Gasteiger partial charge in [0.25, 0.3) is 0 Å². The van der Waals surface area contributed by atoms with Crippen molar-refractivity contribution in [3.63, 3.8) is 0 Å². The van der Waals surface area contributed by atoms with E-state index in [1.807, 2.05) is 6.07 Å². The maximum atomic E-state index is 8.07. The second kappa shape index (κ2) is 2.49. The number of hydrogen-bond acceptors (Lipinski definition) is 2. The van der Waals surface area contributed by atoms with Gasteiger partial charge in [0.15, 0.2) is 0 Å². The molecule has 36 valence electrons. The van der Waals surface area contributed by atoms with E-state index in [1.165, 1.54) is 0 Å². The fourth-order valence-corrected chi connectivity index (χ4v) is 0.124. The number of thiocarbonyl (C=S) groups is 1. The lowest BCUT2D eigenvalue weighted by Gasteiger charge is -1.82. The highest BCUT2D eigenvalue weighted by atomic mass is 32.1. The lowest BCUT2D eigenvalue weighted by atomic mass is 10.3. The Balaban J connectivity index is 3.90. The molecule has 0 aliphatic rings. The highest BCUT2D eigenvalue weighted by Gasteiger charge is 1.88. The van der Waals surface area contributed by atoms with E-state index in [4.69, 9.17) is 5.26 Å². The molecular formula is C5H5NS. The fourth-order valence-electron chi connectivity index (χ4n) is 0.0787. The minimum atomic E-state index is 0.384. The van der Waals surface area contributed by atoms with Gasteiger partial charge in [-0.25, -0.2) is 0 Å². The second-order valence-corrected chi connectivity index (χ2v) is 1.76. The summed E-state index contributed by atoms with van der Waals surface area (Å²) in [6.07, 6.45) is 0. The van der Waals surface area contributed by atoms with Gasteiger partial charge < -0.3 is 0 Å². The smallest absolute Gasteiger partial charge is 0.0996 e. The molecule has 0 spiro atoms. The van der Waals surface area contributed by atoms with Crippen molar-refractivity contribution in [2.75, 3.05) is 0 Å². The summed E-state index contributed by atoms with van der Waals surface area (Å²) in [4.78, 5) is 0.572. The lowest BCUT2D eigenvalue weighted by Crippen LogP contribution is -1.85. The third-order valence-electron chi connectivity index (χ3n) is 0.560. The average molecular weight is 111 g/mol. The van der Waals surface area contributed by atoms with E-state index in [2.05, 4.69) is 18.8 Å². The molecule has 0 unspecified atom stereocenters. The van der Waals surface area contributed by atoms with Crippen molar-refractivity contribution in [3.05, 3.63) is 12.2 Å². The molecule has 1 nitrogen and oxygen atoms in total. The van der Waals surface area contributed by atoms with Gasteiger partial charge in [-0.05, 0) is 6.92 Å². The van der Waals surface area contributed by atoms with Crippen LogP contribution in [-0.2, 0) is 0 Å². The van der Waals surface area contributed by atoms with E-state index < -0.39 is 0 Å². The molecule has 0 atom stereocenters. The molecule has 0 aromatic heterocycles. The molecule has 0 aromatic rings. The van der Waals surface area contributed by atoms with Crippen molar-refractivity contribution in [2.45, 2.75) is 6.92 Å². The van der Waals surface area contributed by atoms with Crippen LogP contribution in [0.1, 0.15) is 6.92 Å². The summed E-state index contributed by atoms with van der Waals surface area (Å²) in [6, 6.07) is 1.83. The molecule has 0 saturated heterocycles. The van der Waals surface area contributed by atoms with Gasteiger partial charge in [-0.3, -0.25) is 0 Å². The van der Waals surface area contributed by atoms with E-state index in [9.17, 15) is 0 Å². The molecule has 0 saturated carbocycles. The van der Waals surface area contributed by atoms with Gasteiger partial charge in [-0.15, -0.1) is 0 Å². The zero-order valence-electron chi connectivity index (χ0n) is 4.06. The Kier molecular flexibility index (Phi) is 2.24. The highest BCUT2D eigenvalue weighted by Crippen LogP contribution is 1.88. The standard InChI is InChI=1S/C5H5NS/c1-4(3-6)5(2)7/h1H2,2H3. The van der Waals surface area contributed by atoms with Crippen LogP contribution >= 0.6 is 12.2 Å². The summed E-state index contributed by atoms with van der Waals surface area (Å²) >= 11 is 4.60. The molecule has 0 aliphatic heterocycles. The maximum Gasteiger partial charge on any atom is 0.0996 e. The Bertz CT molecular complexity index is 141. The Morgan fingerprint density at radius 2 is 2.29 bits per heavy atom. The topological polar surface area (TPSA) is 23.8 Å². The van der Waals surface area contributed by atoms with Crippen LogP contribution in [0.3, 0.4) is 0 Å². The van der Waals surface area contributed by atoms with Crippen molar-refractivity contribution in [1.82, 2.24) is 0 Å². The van der Waals surface area contributed by atoms with Gasteiger partial charge >= 0.3 is 0 Å². The molecular weight excluding hydrogens is 106 g/mol. The maximum absolute atomic E-state index is 8.07. The minimum Gasteiger partial charge on any atom is -0.192 e. The molecule has 0 rings (SSSR count). The fraction of sp³-hybridized carbons (Fsp3) is 0.200. The number of allylic oxidation sites excluding steroid dienone is 1. The van der Waals surface area contributed by atoms with Gasteiger partial charge in [-0.2, -0.15) is 5.26 Å². The lowest BCUT2D eigenvalue weighted by molar-refractivity contribution is 1.52. The largest absolute Gasteiger partial charge is 0.192 e. The minimum absolute atomic E-state index is 0.384. The van der Waals surface area contributed by atoms with E-state index in [0.29, 0.717) is 10.4 Å². The second-order valence-electron chi connectivity index (χ2n) is 1.15. The Morgan fingerprint density at radius 3 is 2.29 bits per heavy atom. The molecule has 0 amide bonds. The molecule has 0 fully saturated rings. The number of nitriles is 1. The predicted octanol–water partition coefficient (Wildman–Crippen LogP) is 1.46. The van der Waals surface area contributed by atoms with E-state index in [1.54, 1.807) is 6.92 Å². The molecule has 7 heavy (non-hydrogen) atoms. The summed E-state index contributed by atoms with van der Waals surface area (Å²) in [6.45, 7) is 5.05. The normalized spacial score (nSPS) is 6.86. The summed E-state index contributed by atoms with van der Waals surface area (Å²) in [5, 5.41) is 8.07. The monoisotopic (exact) mass is 111 g/mol. The van der Waals surface area contributed by atoms with Crippen LogP contribution in [0.2, 0.25) is 0 Å². The van der Waals surface area contributed by atoms with E-state index in [-0.39, 0.29) is 0 Å². The van der Waals surface area contributed by atoms with Crippen LogP contribution in [0, 0.1) is 11.3 Å². The molecule has 0 aromatic carbocycles. The van der Waals surface area contributed by atoms with E-state index >= 15 is 0 Å². The van der Waals surface area contributed by atoms with Crippen LogP contribution in [0.4, 0.5) is 0 Å². The summed E-state index contributed by atoms with van der Waals surface area (Å²) in [5.74, 6) is 0. The van der Waals surface area contributed by atoms with Crippen LogP contribution < -0.4 is 0 Å². The highest BCUT2D eigenvalue weighted by molar-refractivity contribution is 7.80. The van der Waals surface area contributed by atoms with Crippen molar-refractivity contribution in [3.8, 4) is 6.07 Å². The first-order chi connectivity index (χ1) is 3.18. The SMILES string of the molecule is C=C(C#N)C(C)=S. The average Bonchev–Trinajstić information content (AvgIpc) is 1.65. The first-order valence-corrected chi connectivity index (χ1v) is 2.19. The zero-order valence-corrected chi connectivity index (χ0v) is 4.88. The first-order valence-electron chi connectivity index (χ1n) is 1.78. The zero-order chi connectivity index (χ0) is 5.86. The van der Waals surface area contributed by atoms with Crippen LogP contribution in [0.15, 0.2) is 12.2 Å². The van der Waals surface area contributed by atoms with Gasteiger partial charge in [0, 0.05) is 4.86 Å². The summed E-state index contributed by atoms with van der Waals surface area (Å²) < 4.78 is 0. The first kappa shape index (κ1) is 6.32. The Labute approximate surface area is 48.3 Å². The quantitative estimate of drug-likeness (QED) is 0.290.